The molecule has 0 spiro atoms. The summed E-state index contributed by atoms with van der Waals surface area (Å²) >= 11 is 0. The molecule has 0 fully saturated rings. The highest BCUT2D eigenvalue weighted by Gasteiger charge is 2.30. The Bertz CT molecular complexity index is 331. The number of nitrogens with one attached hydrogen (secondary N) is 1. The monoisotopic (exact) mass is 277 g/mol. The molecule has 0 heterocycles. The molecule has 1 aromatic rings. The summed E-state index contributed by atoms with van der Waals surface area (Å²) in [6.45, 7) is 8.30. The van der Waals surface area contributed by atoms with E-state index in [-0.39, 0.29) is 5.72 Å². The van der Waals surface area contributed by atoms with E-state index >= 15 is 0 Å². The Balaban J connectivity index is 2.72. The molecule has 0 saturated carbocycles. The van der Waals surface area contributed by atoms with Crippen molar-refractivity contribution < 1.29 is 4.74 Å². The second-order valence-electron chi connectivity index (χ2n) is 5.36. The van der Waals surface area contributed by atoms with Crippen molar-refractivity contribution in [1.29, 1.82) is 0 Å². The van der Waals surface area contributed by atoms with Gasteiger partial charge in [0.25, 0.3) is 0 Å². The van der Waals surface area contributed by atoms with E-state index in [1.807, 2.05) is 0 Å². The topological polar surface area (TPSA) is 21.3 Å². The molecule has 1 aromatic carbocycles. The van der Waals surface area contributed by atoms with Crippen LogP contribution in [0, 0.1) is 0 Å². The Morgan fingerprint density at radius 3 is 2.30 bits per heavy atom. The largest absolute Gasteiger partial charge is 0.357 e. The van der Waals surface area contributed by atoms with Crippen LogP contribution in [-0.4, -0.2) is 13.2 Å². The summed E-state index contributed by atoms with van der Waals surface area (Å²) in [5.74, 6) is 0. The highest BCUT2D eigenvalue weighted by molar-refractivity contribution is 5.22. The second kappa shape index (κ2) is 9.95. The molecule has 1 N–H and O–H groups in total. The van der Waals surface area contributed by atoms with Gasteiger partial charge >= 0.3 is 0 Å². The quantitative estimate of drug-likeness (QED) is 0.461. The number of unbranched alkanes of at least 4 members (excludes halogenated alkanes) is 3. The van der Waals surface area contributed by atoms with Crippen LogP contribution in [0.3, 0.4) is 0 Å². The van der Waals surface area contributed by atoms with E-state index in [1.54, 1.807) is 0 Å². The summed E-state index contributed by atoms with van der Waals surface area (Å²) in [4.78, 5) is 0. The average molecular weight is 277 g/mol. The van der Waals surface area contributed by atoms with Gasteiger partial charge in [0.15, 0.2) is 0 Å². The molecule has 0 aliphatic heterocycles. The molecule has 0 radical (unpaired) electrons. The lowest BCUT2D eigenvalue weighted by Crippen LogP contribution is -2.45. The molecule has 0 aliphatic rings. The molecule has 0 bridgehead atoms. The first-order valence-corrected chi connectivity index (χ1v) is 8.23. The maximum absolute atomic E-state index is 6.15. The maximum Gasteiger partial charge on any atom is 0.145 e. The van der Waals surface area contributed by atoms with Gasteiger partial charge in [-0.2, -0.15) is 0 Å². The highest BCUT2D eigenvalue weighted by atomic mass is 16.5. The zero-order valence-corrected chi connectivity index (χ0v) is 13.5. The fourth-order valence-electron chi connectivity index (χ4n) is 2.69. The molecular weight excluding hydrogens is 246 g/mol. The first-order valence-electron chi connectivity index (χ1n) is 8.23. The first kappa shape index (κ1) is 17.2. The summed E-state index contributed by atoms with van der Waals surface area (Å²) in [5, 5.41) is 3.69. The minimum Gasteiger partial charge on any atom is -0.357 e. The minimum atomic E-state index is -0.309. The van der Waals surface area contributed by atoms with Crippen molar-refractivity contribution in [2.75, 3.05) is 13.2 Å². The molecular formula is C18H31NO. The Labute approximate surface area is 124 Å². The van der Waals surface area contributed by atoms with Crippen molar-refractivity contribution in [2.45, 2.75) is 65.0 Å². The summed E-state index contributed by atoms with van der Waals surface area (Å²) in [6, 6.07) is 10.6. The van der Waals surface area contributed by atoms with E-state index in [2.05, 4.69) is 56.4 Å². The summed E-state index contributed by atoms with van der Waals surface area (Å²) < 4.78 is 6.15. The fraction of sp³-hybridized carbons (Fsp3) is 0.667. The van der Waals surface area contributed by atoms with E-state index in [0.717, 1.165) is 26.0 Å². The van der Waals surface area contributed by atoms with Crippen LogP contribution in [0.5, 0.6) is 0 Å². The molecule has 2 nitrogen and oxygen atoms in total. The van der Waals surface area contributed by atoms with Gasteiger partial charge in [0, 0.05) is 6.61 Å². The SMILES string of the molecule is CCCCCCNC(CCC)(OCC)c1ccccc1. The van der Waals surface area contributed by atoms with Crippen molar-refractivity contribution in [2.24, 2.45) is 0 Å². The summed E-state index contributed by atoms with van der Waals surface area (Å²) in [5.41, 5.74) is 0.941. The molecule has 20 heavy (non-hydrogen) atoms. The molecule has 1 unspecified atom stereocenters. The van der Waals surface area contributed by atoms with Gasteiger partial charge in [-0.15, -0.1) is 0 Å². The van der Waals surface area contributed by atoms with Crippen LogP contribution in [0.4, 0.5) is 0 Å². The van der Waals surface area contributed by atoms with Crippen LogP contribution in [0.2, 0.25) is 0 Å². The highest BCUT2D eigenvalue weighted by Crippen LogP contribution is 2.28. The molecule has 0 saturated heterocycles. The summed E-state index contributed by atoms with van der Waals surface area (Å²) in [7, 11) is 0. The van der Waals surface area contributed by atoms with Crippen molar-refractivity contribution in [3.63, 3.8) is 0 Å². The van der Waals surface area contributed by atoms with Crippen LogP contribution in [0.15, 0.2) is 30.3 Å². The molecule has 2 heteroatoms. The first-order chi connectivity index (χ1) is 9.79. The van der Waals surface area contributed by atoms with Gasteiger partial charge in [0.1, 0.15) is 5.72 Å². The predicted octanol–water partition coefficient (Wildman–Crippen LogP) is 4.85. The van der Waals surface area contributed by atoms with Crippen molar-refractivity contribution in [1.82, 2.24) is 5.32 Å². The minimum absolute atomic E-state index is 0.309. The molecule has 1 rings (SSSR count). The van der Waals surface area contributed by atoms with Gasteiger partial charge in [0.05, 0.1) is 0 Å². The second-order valence-corrected chi connectivity index (χ2v) is 5.36. The van der Waals surface area contributed by atoms with Gasteiger partial charge in [0.2, 0.25) is 0 Å². The van der Waals surface area contributed by atoms with Gasteiger partial charge in [-0.25, -0.2) is 0 Å². The average Bonchev–Trinajstić information content (AvgIpc) is 2.48. The summed E-state index contributed by atoms with van der Waals surface area (Å²) in [6.07, 6.45) is 7.24. The number of hydrogen-bond donors (Lipinski definition) is 1. The third-order valence-corrected chi connectivity index (χ3v) is 3.67. The predicted molar refractivity (Wildman–Crippen MR) is 86.8 cm³/mol. The van der Waals surface area contributed by atoms with Gasteiger partial charge in [-0.05, 0) is 31.9 Å². The third kappa shape index (κ3) is 5.26. The number of rotatable bonds is 11. The molecule has 1 atom stereocenters. The normalized spacial score (nSPS) is 14.2. The van der Waals surface area contributed by atoms with Crippen LogP contribution >= 0.6 is 0 Å². The molecule has 0 aromatic heterocycles. The van der Waals surface area contributed by atoms with Crippen molar-refractivity contribution in [3.05, 3.63) is 35.9 Å². The Morgan fingerprint density at radius 2 is 1.70 bits per heavy atom. The van der Waals surface area contributed by atoms with Gasteiger partial charge in [-0.3, -0.25) is 5.32 Å². The van der Waals surface area contributed by atoms with E-state index in [4.69, 9.17) is 4.74 Å². The van der Waals surface area contributed by atoms with Crippen LogP contribution in [0.25, 0.3) is 0 Å². The number of benzene rings is 1. The zero-order valence-electron chi connectivity index (χ0n) is 13.5. The molecule has 0 aliphatic carbocycles. The zero-order chi connectivity index (χ0) is 14.7. The van der Waals surface area contributed by atoms with Crippen LogP contribution in [-0.2, 0) is 10.5 Å². The Kier molecular flexibility index (Phi) is 8.56. The number of hydrogen-bond acceptors (Lipinski definition) is 2. The van der Waals surface area contributed by atoms with E-state index in [0.29, 0.717) is 0 Å². The van der Waals surface area contributed by atoms with Gasteiger partial charge in [-0.1, -0.05) is 69.9 Å². The van der Waals surface area contributed by atoms with Crippen LogP contribution in [0.1, 0.15) is 64.9 Å². The van der Waals surface area contributed by atoms with Gasteiger partial charge < -0.3 is 4.74 Å². The molecule has 114 valence electrons. The molecule has 0 amide bonds. The van der Waals surface area contributed by atoms with Crippen LogP contribution < -0.4 is 5.32 Å². The Morgan fingerprint density at radius 1 is 0.950 bits per heavy atom. The van der Waals surface area contributed by atoms with E-state index in [1.165, 1.54) is 31.2 Å². The smallest absolute Gasteiger partial charge is 0.145 e. The lowest BCUT2D eigenvalue weighted by molar-refractivity contribution is -0.0784. The lowest BCUT2D eigenvalue weighted by Gasteiger charge is -2.35. The lowest BCUT2D eigenvalue weighted by atomic mass is 9.97. The fourth-order valence-corrected chi connectivity index (χ4v) is 2.69. The number of ether oxygens (including phenoxy) is 1. The van der Waals surface area contributed by atoms with Crippen molar-refractivity contribution in [3.8, 4) is 0 Å². The third-order valence-electron chi connectivity index (χ3n) is 3.67. The maximum atomic E-state index is 6.15. The van der Waals surface area contributed by atoms with E-state index in [9.17, 15) is 0 Å². The Hall–Kier alpha value is -0.860. The standard InChI is InChI=1S/C18H31NO/c1-4-7-8-12-16-19-18(15-5-2,20-6-3)17-13-10-9-11-14-17/h9-11,13-14,19H,4-8,12,15-16H2,1-3H3. The van der Waals surface area contributed by atoms with E-state index < -0.39 is 0 Å². The van der Waals surface area contributed by atoms with Crippen molar-refractivity contribution >= 4 is 0 Å².